The summed E-state index contributed by atoms with van der Waals surface area (Å²) < 4.78 is 40.8. The number of carbonyl (C=O) groups excluding carboxylic acids is 1. The summed E-state index contributed by atoms with van der Waals surface area (Å²) in [5.74, 6) is 5.99. The lowest BCUT2D eigenvalue weighted by Gasteiger charge is -2.18. The van der Waals surface area contributed by atoms with Gasteiger partial charge in [-0.1, -0.05) is 35.3 Å². The highest BCUT2D eigenvalue weighted by molar-refractivity contribution is 6.33. The van der Waals surface area contributed by atoms with E-state index in [-0.39, 0.29) is 29.7 Å². The highest BCUT2D eigenvalue weighted by Crippen LogP contribution is 2.45. The fourth-order valence-corrected chi connectivity index (χ4v) is 4.39. The Morgan fingerprint density at radius 3 is 2.16 bits per heavy atom. The lowest BCUT2D eigenvalue weighted by atomic mass is 10.1. The Labute approximate surface area is 227 Å². The molecule has 1 aromatic heterocycles. The minimum absolute atomic E-state index is 0. The number of anilines is 1. The molecule has 1 amide bonds. The van der Waals surface area contributed by atoms with E-state index < -0.39 is 17.6 Å². The minimum Gasteiger partial charge on any atom is -0.296 e. The largest absolute Gasteiger partial charge is 0.416 e. The Morgan fingerprint density at radius 1 is 0.973 bits per heavy atom. The fraction of sp³-hybridized carbons (Fsp3) is 0.154. The van der Waals surface area contributed by atoms with E-state index in [1.807, 2.05) is 22.8 Å². The van der Waals surface area contributed by atoms with Crippen LogP contribution in [0.4, 0.5) is 18.9 Å². The summed E-state index contributed by atoms with van der Waals surface area (Å²) in [6.07, 6.45) is -2.79. The van der Waals surface area contributed by atoms with Crippen molar-refractivity contribution in [2.45, 2.75) is 24.9 Å². The molecule has 5 rings (SSSR count). The van der Waals surface area contributed by atoms with Crippen molar-refractivity contribution >= 4 is 47.2 Å². The summed E-state index contributed by atoms with van der Waals surface area (Å²) in [6, 6.07) is 18.3. The second-order valence-electron chi connectivity index (χ2n) is 8.45. The van der Waals surface area contributed by atoms with Crippen molar-refractivity contribution in [3.8, 4) is 17.1 Å². The number of imidazole rings is 1. The van der Waals surface area contributed by atoms with Crippen LogP contribution >= 0.6 is 35.6 Å². The number of nitrogens with zero attached hydrogens (tertiary/aromatic N) is 3. The van der Waals surface area contributed by atoms with Gasteiger partial charge in [-0.15, -0.1) is 12.4 Å². The number of alkyl halides is 3. The van der Waals surface area contributed by atoms with Gasteiger partial charge >= 0.3 is 6.18 Å². The second kappa shape index (κ2) is 10.4. The molecule has 11 heteroatoms. The van der Waals surface area contributed by atoms with Crippen LogP contribution in [0.1, 0.15) is 40.5 Å². The van der Waals surface area contributed by atoms with Gasteiger partial charge in [0.25, 0.3) is 5.91 Å². The van der Waals surface area contributed by atoms with Crippen LogP contribution in [0, 0.1) is 0 Å². The average molecular weight is 568 g/mol. The van der Waals surface area contributed by atoms with Crippen LogP contribution < -0.4 is 10.9 Å². The van der Waals surface area contributed by atoms with Crippen molar-refractivity contribution in [2.24, 2.45) is 5.84 Å². The van der Waals surface area contributed by atoms with Gasteiger partial charge < -0.3 is 0 Å². The van der Waals surface area contributed by atoms with Crippen LogP contribution in [0.3, 0.4) is 0 Å². The Kier molecular flexibility index (Phi) is 7.57. The number of hydrogen-bond acceptors (Lipinski definition) is 3. The molecule has 0 atom stereocenters. The first kappa shape index (κ1) is 27.0. The van der Waals surface area contributed by atoms with Gasteiger partial charge in [0.1, 0.15) is 5.82 Å². The molecule has 1 aliphatic carbocycles. The standard InChI is InChI=1S/C26H19Cl2F3N4O.ClH/c27-17-9-13-18(14-10-17)34-23(15-5-6-15)22(33-24(34)20-3-1-2-4-21(20)28)25(36)35(32)19-11-7-16(8-12-19)26(29,30)31;/h1-4,7-15H,5-6,32H2;1H. The van der Waals surface area contributed by atoms with Crippen LogP contribution in [0.25, 0.3) is 17.1 Å². The molecule has 2 N–H and O–H groups in total. The van der Waals surface area contributed by atoms with Crippen molar-refractivity contribution in [1.82, 2.24) is 9.55 Å². The second-order valence-corrected chi connectivity index (χ2v) is 9.30. The SMILES string of the molecule is Cl.NN(C(=O)c1nc(-c2ccccc2Cl)n(-c2ccc(Cl)cc2)c1C1CC1)c1ccc(C(F)(F)F)cc1. The normalized spacial score (nSPS) is 13.2. The van der Waals surface area contributed by atoms with Crippen molar-refractivity contribution in [3.63, 3.8) is 0 Å². The number of hydrazine groups is 1. The molecular weight excluding hydrogens is 548 g/mol. The minimum atomic E-state index is -4.50. The van der Waals surface area contributed by atoms with Gasteiger partial charge in [-0.2, -0.15) is 13.2 Å². The van der Waals surface area contributed by atoms with Crippen molar-refractivity contribution < 1.29 is 18.0 Å². The number of aromatic nitrogens is 2. The lowest BCUT2D eigenvalue weighted by Crippen LogP contribution is -2.38. The summed E-state index contributed by atoms with van der Waals surface area (Å²) in [4.78, 5) is 18.3. The van der Waals surface area contributed by atoms with Crippen molar-refractivity contribution in [1.29, 1.82) is 0 Å². The molecule has 0 saturated heterocycles. The number of amides is 1. The summed E-state index contributed by atoms with van der Waals surface area (Å²) in [5, 5.41) is 1.82. The number of benzene rings is 3. The van der Waals surface area contributed by atoms with E-state index in [9.17, 15) is 18.0 Å². The average Bonchev–Trinajstić information content (AvgIpc) is 3.63. The third-order valence-electron chi connectivity index (χ3n) is 5.97. The molecule has 1 fully saturated rings. The molecule has 5 nitrogen and oxygen atoms in total. The summed E-state index contributed by atoms with van der Waals surface area (Å²) in [7, 11) is 0. The number of nitrogens with two attached hydrogens (primary N) is 1. The third-order valence-corrected chi connectivity index (χ3v) is 6.55. The van der Waals surface area contributed by atoms with E-state index in [1.54, 1.807) is 30.3 Å². The molecule has 0 unspecified atom stereocenters. The quantitative estimate of drug-likeness (QED) is 0.153. The van der Waals surface area contributed by atoms with Crippen LogP contribution in [-0.4, -0.2) is 15.5 Å². The summed E-state index contributed by atoms with van der Waals surface area (Å²) in [5.41, 5.74) is 1.41. The number of carbonyl (C=O) groups is 1. The first-order chi connectivity index (χ1) is 17.1. The Bertz CT molecular complexity index is 1430. The van der Waals surface area contributed by atoms with E-state index >= 15 is 0 Å². The maximum Gasteiger partial charge on any atom is 0.416 e. The Morgan fingerprint density at radius 2 is 1.59 bits per heavy atom. The molecule has 0 radical (unpaired) electrons. The van der Waals surface area contributed by atoms with Crippen LogP contribution in [0.15, 0.2) is 72.8 Å². The van der Waals surface area contributed by atoms with E-state index in [2.05, 4.69) is 0 Å². The van der Waals surface area contributed by atoms with Gasteiger partial charge in [-0.3, -0.25) is 9.36 Å². The van der Waals surface area contributed by atoms with E-state index in [1.165, 1.54) is 0 Å². The monoisotopic (exact) mass is 566 g/mol. The Balaban J connectivity index is 0.00000320. The van der Waals surface area contributed by atoms with E-state index in [4.69, 9.17) is 34.0 Å². The molecule has 192 valence electrons. The maximum atomic E-state index is 13.6. The number of hydrogen-bond donors (Lipinski definition) is 1. The number of halogens is 6. The molecule has 1 aliphatic rings. The van der Waals surface area contributed by atoms with E-state index in [0.717, 1.165) is 47.8 Å². The predicted molar refractivity (Wildman–Crippen MR) is 141 cm³/mol. The third kappa shape index (κ3) is 5.33. The smallest absolute Gasteiger partial charge is 0.296 e. The maximum absolute atomic E-state index is 13.6. The fourth-order valence-electron chi connectivity index (χ4n) is 4.04. The summed E-state index contributed by atoms with van der Waals surface area (Å²) >= 11 is 12.6. The molecule has 1 heterocycles. The van der Waals surface area contributed by atoms with E-state index in [0.29, 0.717) is 27.1 Å². The van der Waals surface area contributed by atoms with Gasteiger partial charge in [0.2, 0.25) is 0 Å². The van der Waals surface area contributed by atoms with Gasteiger partial charge in [-0.05, 0) is 73.5 Å². The zero-order valence-electron chi connectivity index (χ0n) is 19.0. The molecule has 1 saturated carbocycles. The topological polar surface area (TPSA) is 64.2 Å². The van der Waals surface area contributed by atoms with Crippen molar-refractivity contribution in [2.75, 3.05) is 5.01 Å². The Hall–Kier alpha value is -3.04. The van der Waals surface area contributed by atoms with Gasteiger partial charge in [0.05, 0.1) is 22.0 Å². The van der Waals surface area contributed by atoms with Gasteiger partial charge in [0.15, 0.2) is 5.69 Å². The molecule has 0 spiro atoms. The van der Waals surface area contributed by atoms with Crippen LogP contribution in [0.5, 0.6) is 0 Å². The highest BCUT2D eigenvalue weighted by atomic mass is 35.5. The zero-order chi connectivity index (χ0) is 25.6. The molecular formula is C26H20Cl3F3N4O. The van der Waals surface area contributed by atoms with Gasteiger partial charge in [0, 0.05) is 22.2 Å². The van der Waals surface area contributed by atoms with Crippen LogP contribution in [0.2, 0.25) is 10.0 Å². The van der Waals surface area contributed by atoms with Crippen molar-refractivity contribution in [3.05, 3.63) is 99.8 Å². The molecule has 0 bridgehead atoms. The molecule has 4 aromatic rings. The summed E-state index contributed by atoms with van der Waals surface area (Å²) in [6.45, 7) is 0. The molecule has 37 heavy (non-hydrogen) atoms. The first-order valence-electron chi connectivity index (χ1n) is 11.0. The van der Waals surface area contributed by atoms with Gasteiger partial charge in [-0.25, -0.2) is 15.8 Å². The first-order valence-corrected chi connectivity index (χ1v) is 11.8. The lowest BCUT2D eigenvalue weighted by molar-refractivity contribution is -0.137. The van der Waals surface area contributed by atoms with Crippen LogP contribution in [-0.2, 0) is 6.18 Å². The zero-order valence-corrected chi connectivity index (χ0v) is 21.4. The molecule has 0 aliphatic heterocycles. The number of rotatable bonds is 5. The molecule has 3 aromatic carbocycles. The predicted octanol–water partition coefficient (Wildman–Crippen LogP) is 7.68. The highest BCUT2D eigenvalue weighted by Gasteiger charge is 2.37.